The molecular formula is C10H14F3N3O2. The largest absolute Gasteiger partial charge is 0.416 e. The van der Waals surface area contributed by atoms with E-state index in [9.17, 15) is 13.2 Å². The standard InChI is InChI=1S/C10H14F3N3O2/c1-14-8-2-6(10(11,12)13)3-9(16-8)15-4-7(18)5-17/h2-3,7,17-18H,4-5H2,1H3,(H2,14,15,16). The van der Waals surface area contributed by atoms with Gasteiger partial charge in [0.05, 0.1) is 18.3 Å². The Kier molecular flexibility index (Phi) is 4.74. The summed E-state index contributed by atoms with van der Waals surface area (Å²) in [6, 6.07) is 1.72. The molecule has 1 unspecified atom stereocenters. The number of anilines is 2. The van der Waals surface area contributed by atoms with Gasteiger partial charge in [0.1, 0.15) is 11.6 Å². The van der Waals surface area contributed by atoms with Crippen molar-refractivity contribution in [1.82, 2.24) is 4.98 Å². The Bertz CT molecular complexity index is 398. The Morgan fingerprint density at radius 1 is 1.33 bits per heavy atom. The van der Waals surface area contributed by atoms with Crippen LogP contribution in [0.25, 0.3) is 0 Å². The lowest BCUT2D eigenvalue weighted by atomic mass is 10.2. The number of hydrogen-bond donors (Lipinski definition) is 4. The van der Waals surface area contributed by atoms with Gasteiger partial charge in [0, 0.05) is 13.6 Å². The maximum Gasteiger partial charge on any atom is 0.416 e. The molecule has 1 aromatic rings. The van der Waals surface area contributed by atoms with Crippen LogP contribution in [-0.4, -0.2) is 41.5 Å². The van der Waals surface area contributed by atoms with Crippen LogP contribution in [0.3, 0.4) is 0 Å². The molecule has 0 spiro atoms. The van der Waals surface area contributed by atoms with E-state index < -0.39 is 24.5 Å². The topological polar surface area (TPSA) is 77.4 Å². The highest BCUT2D eigenvalue weighted by Crippen LogP contribution is 2.31. The van der Waals surface area contributed by atoms with E-state index in [1.807, 2.05) is 0 Å². The Balaban J connectivity index is 2.91. The van der Waals surface area contributed by atoms with Crippen LogP contribution in [0, 0.1) is 0 Å². The molecule has 8 heteroatoms. The van der Waals surface area contributed by atoms with Gasteiger partial charge in [-0.2, -0.15) is 13.2 Å². The average molecular weight is 265 g/mol. The number of aliphatic hydroxyl groups excluding tert-OH is 2. The predicted molar refractivity (Wildman–Crippen MR) is 60.4 cm³/mol. The van der Waals surface area contributed by atoms with E-state index in [1.54, 1.807) is 0 Å². The van der Waals surface area contributed by atoms with Gasteiger partial charge in [-0.25, -0.2) is 4.98 Å². The molecule has 4 N–H and O–H groups in total. The SMILES string of the molecule is CNc1cc(C(F)(F)F)cc(NCC(O)CO)n1. The van der Waals surface area contributed by atoms with Gasteiger partial charge in [0.25, 0.3) is 0 Å². The maximum absolute atomic E-state index is 12.6. The van der Waals surface area contributed by atoms with Gasteiger partial charge < -0.3 is 20.8 Å². The third-order valence-electron chi connectivity index (χ3n) is 2.14. The second kappa shape index (κ2) is 5.87. The lowest BCUT2D eigenvalue weighted by molar-refractivity contribution is -0.137. The number of pyridine rings is 1. The molecule has 1 rings (SSSR count). The first kappa shape index (κ1) is 14.5. The first-order chi connectivity index (χ1) is 8.36. The summed E-state index contributed by atoms with van der Waals surface area (Å²) in [4.78, 5) is 3.86. The molecule has 0 saturated heterocycles. The minimum atomic E-state index is -4.47. The van der Waals surface area contributed by atoms with Crippen molar-refractivity contribution in [3.8, 4) is 0 Å². The number of rotatable bonds is 5. The summed E-state index contributed by atoms with van der Waals surface area (Å²) in [5.41, 5.74) is -0.845. The van der Waals surface area contributed by atoms with Crippen LogP contribution in [-0.2, 0) is 6.18 Å². The van der Waals surface area contributed by atoms with Gasteiger partial charge >= 0.3 is 6.18 Å². The number of alkyl halides is 3. The van der Waals surface area contributed by atoms with E-state index in [1.165, 1.54) is 7.05 Å². The molecule has 102 valence electrons. The van der Waals surface area contributed by atoms with Crippen molar-refractivity contribution in [3.05, 3.63) is 17.7 Å². The Morgan fingerprint density at radius 3 is 2.44 bits per heavy atom. The predicted octanol–water partition coefficient (Wildman–Crippen LogP) is 0.907. The number of hydrogen-bond acceptors (Lipinski definition) is 5. The van der Waals surface area contributed by atoms with Gasteiger partial charge in [0.15, 0.2) is 0 Å². The van der Waals surface area contributed by atoms with E-state index >= 15 is 0 Å². The molecule has 0 aliphatic carbocycles. The summed E-state index contributed by atoms with van der Waals surface area (Å²) in [5.74, 6) is 0.0347. The summed E-state index contributed by atoms with van der Waals surface area (Å²) in [7, 11) is 1.45. The van der Waals surface area contributed by atoms with Crippen LogP contribution >= 0.6 is 0 Å². The molecule has 0 aliphatic rings. The highest BCUT2D eigenvalue weighted by atomic mass is 19.4. The van der Waals surface area contributed by atoms with Gasteiger partial charge in [0.2, 0.25) is 0 Å². The summed E-state index contributed by atoms with van der Waals surface area (Å²) < 4.78 is 37.7. The van der Waals surface area contributed by atoms with Crippen molar-refractivity contribution in [2.45, 2.75) is 12.3 Å². The number of nitrogens with zero attached hydrogens (tertiary/aromatic N) is 1. The molecule has 0 aliphatic heterocycles. The summed E-state index contributed by atoms with van der Waals surface area (Å²) in [6.45, 7) is -0.571. The van der Waals surface area contributed by atoms with E-state index in [0.29, 0.717) is 0 Å². The van der Waals surface area contributed by atoms with E-state index in [0.717, 1.165) is 12.1 Å². The summed E-state index contributed by atoms with van der Waals surface area (Å²) in [5, 5.41) is 22.7. The zero-order chi connectivity index (χ0) is 13.8. The van der Waals surface area contributed by atoms with Crippen LogP contribution in [0.5, 0.6) is 0 Å². The van der Waals surface area contributed by atoms with Crippen molar-refractivity contribution < 1.29 is 23.4 Å². The minimum Gasteiger partial charge on any atom is -0.394 e. The number of nitrogens with one attached hydrogen (secondary N) is 2. The number of aromatic nitrogens is 1. The van der Waals surface area contributed by atoms with E-state index in [-0.39, 0.29) is 18.2 Å². The van der Waals surface area contributed by atoms with Crippen LogP contribution < -0.4 is 10.6 Å². The highest BCUT2D eigenvalue weighted by Gasteiger charge is 2.31. The fourth-order valence-electron chi connectivity index (χ4n) is 1.20. The maximum atomic E-state index is 12.6. The normalized spacial score (nSPS) is 13.2. The monoisotopic (exact) mass is 265 g/mol. The lowest BCUT2D eigenvalue weighted by Gasteiger charge is -2.13. The molecule has 1 atom stereocenters. The smallest absolute Gasteiger partial charge is 0.394 e. The van der Waals surface area contributed by atoms with Crippen LogP contribution in [0.4, 0.5) is 24.8 Å². The molecule has 0 amide bonds. The van der Waals surface area contributed by atoms with Gasteiger partial charge in [-0.05, 0) is 12.1 Å². The first-order valence-corrected chi connectivity index (χ1v) is 5.16. The fraction of sp³-hybridized carbons (Fsp3) is 0.500. The molecule has 1 aromatic heterocycles. The van der Waals surface area contributed by atoms with Gasteiger partial charge in [-0.3, -0.25) is 0 Å². The van der Waals surface area contributed by atoms with E-state index in [4.69, 9.17) is 10.2 Å². The third-order valence-corrected chi connectivity index (χ3v) is 2.14. The molecular weight excluding hydrogens is 251 g/mol. The summed E-state index contributed by atoms with van der Waals surface area (Å²) in [6.07, 6.45) is -5.53. The lowest BCUT2D eigenvalue weighted by Crippen LogP contribution is -2.23. The molecule has 18 heavy (non-hydrogen) atoms. The molecule has 5 nitrogen and oxygen atoms in total. The van der Waals surface area contributed by atoms with Crippen LogP contribution in [0.15, 0.2) is 12.1 Å². The fourth-order valence-corrected chi connectivity index (χ4v) is 1.20. The van der Waals surface area contributed by atoms with Crippen LogP contribution in [0.1, 0.15) is 5.56 Å². The van der Waals surface area contributed by atoms with Gasteiger partial charge in [-0.15, -0.1) is 0 Å². The van der Waals surface area contributed by atoms with Gasteiger partial charge in [-0.1, -0.05) is 0 Å². The van der Waals surface area contributed by atoms with Crippen molar-refractivity contribution in [1.29, 1.82) is 0 Å². The average Bonchev–Trinajstić information content (AvgIpc) is 2.34. The molecule has 1 heterocycles. The zero-order valence-corrected chi connectivity index (χ0v) is 9.62. The minimum absolute atomic E-state index is 0.0262. The van der Waals surface area contributed by atoms with Crippen LogP contribution in [0.2, 0.25) is 0 Å². The molecule has 0 fully saturated rings. The second-order valence-corrected chi connectivity index (χ2v) is 3.59. The molecule has 0 bridgehead atoms. The van der Waals surface area contributed by atoms with Crippen molar-refractivity contribution in [3.63, 3.8) is 0 Å². The Labute approximate surface area is 102 Å². The highest BCUT2D eigenvalue weighted by molar-refractivity contribution is 5.49. The van der Waals surface area contributed by atoms with Crippen molar-refractivity contribution >= 4 is 11.6 Å². The Morgan fingerprint density at radius 2 is 1.94 bits per heavy atom. The number of halogens is 3. The second-order valence-electron chi connectivity index (χ2n) is 3.59. The molecule has 0 radical (unpaired) electrons. The quantitative estimate of drug-likeness (QED) is 0.636. The third kappa shape index (κ3) is 4.04. The molecule has 0 saturated carbocycles. The van der Waals surface area contributed by atoms with Crippen molar-refractivity contribution in [2.24, 2.45) is 0 Å². The summed E-state index contributed by atoms with van der Waals surface area (Å²) >= 11 is 0. The van der Waals surface area contributed by atoms with E-state index in [2.05, 4.69) is 15.6 Å². The zero-order valence-electron chi connectivity index (χ0n) is 9.62. The first-order valence-electron chi connectivity index (χ1n) is 5.16. The molecule has 0 aromatic carbocycles. The number of aliphatic hydroxyl groups is 2. The van der Waals surface area contributed by atoms with Crippen molar-refractivity contribution in [2.75, 3.05) is 30.8 Å². The Hall–Kier alpha value is -1.54.